The van der Waals surface area contributed by atoms with Crippen molar-refractivity contribution >= 4 is 40.7 Å². The first-order chi connectivity index (χ1) is 8.08. The molecule has 1 amide bonds. The number of thiophene rings is 1. The lowest BCUT2D eigenvalue weighted by molar-refractivity contribution is -0.122. The number of carbonyl (C=O) groups is 1. The lowest BCUT2D eigenvalue weighted by atomic mass is 10.2. The summed E-state index contributed by atoms with van der Waals surface area (Å²) in [5.41, 5.74) is 0.568. The van der Waals surface area contributed by atoms with E-state index < -0.39 is 0 Å². The summed E-state index contributed by atoms with van der Waals surface area (Å²) in [6.07, 6.45) is 1.85. The summed E-state index contributed by atoms with van der Waals surface area (Å²) >= 11 is 6.76. The Morgan fingerprint density at radius 2 is 2.35 bits per heavy atom. The van der Waals surface area contributed by atoms with Gasteiger partial charge in [-0.05, 0) is 35.7 Å². The van der Waals surface area contributed by atoms with E-state index in [0.29, 0.717) is 23.3 Å². The summed E-state index contributed by atoms with van der Waals surface area (Å²) in [4.78, 5) is 14.8. The maximum atomic E-state index is 12.1. The largest absolute Gasteiger partial charge is 0.328 e. The molecular weight excluding hydrogens is 252 g/mol. The standard InChI is InChI=1S/C12H14N2OS2/c1-8(2)7-14-11(15)10(13-12(14)16)6-9-4-3-5-17-9/h3-6,8H,7H2,1-2H3,(H,13,16)/b10-6+. The summed E-state index contributed by atoms with van der Waals surface area (Å²) in [6, 6.07) is 3.93. The molecule has 3 nitrogen and oxygen atoms in total. The third kappa shape index (κ3) is 2.73. The van der Waals surface area contributed by atoms with Crippen molar-refractivity contribution in [3.63, 3.8) is 0 Å². The van der Waals surface area contributed by atoms with Crippen molar-refractivity contribution in [1.82, 2.24) is 10.2 Å². The van der Waals surface area contributed by atoms with Gasteiger partial charge in [0.1, 0.15) is 5.70 Å². The number of rotatable bonds is 3. The highest BCUT2D eigenvalue weighted by Gasteiger charge is 2.30. The van der Waals surface area contributed by atoms with E-state index in [0.717, 1.165) is 4.88 Å². The van der Waals surface area contributed by atoms with Gasteiger partial charge in [-0.3, -0.25) is 9.69 Å². The van der Waals surface area contributed by atoms with Crippen LogP contribution in [0.25, 0.3) is 6.08 Å². The van der Waals surface area contributed by atoms with Gasteiger partial charge in [-0.2, -0.15) is 0 Å². The average Bonchev–Trinajstić information content (AvgIpc) is 2.83. The van der Waals surface area contributed by atoms with E-state index in [1.54, 1.807) is 16.2 Å². The molecule has 1 fully saturated rings. The molecule has 1 aromatic rings. The number of nitrogens with zero attached hydrogens (tertiary/aromatic N) is 1. The lowest BCUT2D eigenvalue weighted by Crippen LogP contribution is -2.33. The van der Waals surface area contributed by atoms with Crippen molar-refractivity contribution in [1.29, 1.82) is 0 Å². The van der Waals surface area contributed by atoms with Crippen LogP contribution in [0.2, 0.25) is 0 Å². The first-order valence-corrected chi connectivity index (χ1v) is 6.75. The first-order valence-electron chi connectivity index (χ1n) is 5.46. The van der Waals surface area contributed by atoms with Crippen LogP contribution in [-0.4, -0.2) is 22.5 Å². The monoisotopic (exact) mass is 266 g/mol. The van der Waals surface area contributed by atoms with Crippen LogP contribution >= 0.6 is 23.6 Å². The van der Waals surface area contributed by atoms with Gasteiger partial charge in [-0.25, -0.2) is 0 Å². The molecule has 0 saturated carbocycles. The average molecular weight is 266 g/mol. The lowest BCUT2D eigenvalue weighted by Gasteiger charge is -2.15. The molecule has 1 saturated heterocycles. The van der Waals surface area contributed by atoms with Crippen molar-refractivity contribution in [2.45, 2.75) is 13.8 Å². The van der Waals surface area contributed by atoms with Gasteiger partial charge in [0.2, 0.25) is 0 Å². The van der Waals surface area contributed by atoms with Gasteiger partial charge >= 0.3 is 0 Å². The SMILES string of the molecule is CC(C)CN1C(=O)/C(=C\c2cccs2)NC1=S. The third-order valence-corrected chi connectivity index (χ3v) is 3.48. The normalized spacial score (nSPS) is 18.3. The summed E-state index contributed by atoms with van der Waals surface area (Å²) in [7, 11) is 0. The Hall–Kier alpha value is -1.20. The second-order valence-corrected chi connectivity index (χ2v) is 5.68. The Kier molecular flexibility index (Phi) is 3.59. The fourth-order valence-corrected chi connectivity index (χ4v) is 2.54. The summed E-state index contributed by atoms with van der Waals surface area (Å²) in [5.74, 6) is 0.372. The van der Waals surface area contributed by atoms with E-state index in [1.807, 2.05) is 23.6 Å². The maximum Gasteiger partial charge on any atom is 0.276 e. The number of amides is 1. The summed E-state index contributed by atoms with van der Waals surface area (Å²) in [5, 5.41) is 5.46. The van der Waals surface area contributed by atoms with Crippen molar-refractivity contribution in [3.8, 4) is 0 Å². The molecule has 0 radical (unpaired) electrons. The van der Waals surface area contributed by atoms with E-state index in [4.69, 9.17) is 12.2 Å². The van der Waals surface area contributed by atoms with Crippen molar-refractivity contribution in [3.05, 3.63) is 28.1 Å². The van der Waals surface area contributed by atoms with Crippen molar-refractivity contribution in [2.24, 2.45) is 5.92 Å². The van der Waals surface area contributed by atoms with Crippen LogP contribution in [0.1, 0.15) is 18.7 Å². The molecule has 0 bridgehead atoms. The molecule has 5 heteroatoms. The number of thiocarbonyl (C=S) groups is 1. The Labute approximate surface area is 110 Å². The minimum Gasteiger partial charge on any atom is -0.328 e. The minimum atomic E-state index is -0.0305. The molecule has 0 atom stereocenters. The molecule has 90 valence electrons. The van der Waals surface area contributed by atoms with E-state index in [2.05, 4.69) is 19.2 Å². The number of carbonyl (C=O) groups excluding carboxylic acids is 1. The van der Waals surface area contributed by atoms with Crippen LogP contribution in [0.5, 0.6) is 0 Å². The van der Waals surface area contributed by atoms with Gasteiger partial charge in [0.25, 0.3) is 5.91 Å². The smallest absolute Gasteiger partial charge is 0.276 e. The van der Waals surface area contributed by atoms with Gasteiger partial charge in [-0.15, -0.1) is 11.3 Å². The minimum absolute atomic E-state index is 0.0305. The third-order valence-electron chi connectivity index (χ3n) is 2.34. The van der Waals surface area contributed by atoms with E-state index in [-0.39, 0.29) is 5.91 Å². The van der Waals surface area contributed by atoms with Gasteiger partial charge in [0, 0.05) is 11.4 Å². The first kappa shape index (κ1) is 12.3. The highest BCUT2D eigenvalue weighted by Crippen LogP contribution is 2.18. The number of hydrogen-bond donors (Lipinski definition) is 1. The molecule has 0 aliphatic carbocycles. The predicted octanol–water partition coefficient (Wildman–Crippen LogP) is 2.46. The molecule has 0 spiro atoms. The molecular formula is C12H14N2OS2. The molecule has 1 N–H and O–H groups in total. The van der Waals surface area contributed by atoms with E-state index >= 15 is 0 Å². The Morgan fingerprint density at radius 3 is 2.94 bits per heavy atom. The van der Waals surface area contributed by atoms with Crippen LogP contribution in [-0.2, 0) is 4.79 Å². The molecule has 1 aromatic heterocycles. The fraction of sp³-hybridized carbons (Fsp3) is 0.333. The van der Waals surface area contributed by atoms with Crippen LogP contribution in [0, 0.1) is 5.92 Å². The Bertz CT molecular complexity index is 463. The maximum absolute atomic E-state index is 12.1. The molecule has 17 heavy (non-hydrogen) atoms. The Balaban J connectivity index is 2.18. The number of nitrogens with one attached hydrogen (secondary N) is 1. The van der Waals surface area contributed by atoms with Crippen molar-refractivity contribution < 1.29 is 4.79 Å². The molecule has 2 rings (SSSR count). The zero-order chi connectivity index (χ0) is 12.4. The highest BCUT2D eigenvalue weighted by atomic mass is 32.1. The molecule has 1 aliphatic heterocycles. The molecule has 0 aromatic carbocycles. The predicted molar refractivity (Wildman–Crippen MR) is 74.6 cm³/mol. The highest BCUT2D eigenvalue weighted by molar-refractivity contribution is 7.80. The molecule has 0 unspecified atom stereocenters. The second kappa shape index (κ2) is 4.98. The van der Waals surface area contributed by atoms with Crippen LogP contribution in [0.15, 0.2) is 23.2 Å². The van der Waals surface area contributed by atoms with Gasteiger partial charge in [-0.1, -0.05) is 19.9 Å². The zero-order valence-corrected chi connectivity index (χ0v) is 11.4. The second-order valence-electron chi connectivity index (χ2n) is 4.31. The van der Waals surface area contributed by atoms with E-state index in [9.17, 15) is 4.79 Å². The fourth-order valence-electron chi connectivity index (χ4n) is 1.62. The van der Waals surface area contributed by atoms with Gasteiger partial charge < -0.3 is 5.32 Å². The zero-order valence-electron chi connectivity index (χ0n) is 9.77. The van der Waals surface area contributed by atoms with Crippen LogP contribution < -0.4 is 5.32 Å². The van der Waals surface area contributed by atoms with E-state index in [1.165, 1.54) is 0 Å². The van der Waals surface area contributed by atoms with Crippen LogP contribution in [0.3, 0.4) is 0 Å². The quantitative estimate of drug-likeness (QED) is 0.674. The van der Waals surface area contributed by atoms with Crippen molar-refractivity contribution in [2.75, 3.05) is 6.54 Å². The summed E-state index contributed by atoms with van der Waals surface area (Å²) in [6.45, 7) is 4.79. The van der Waals surface area contributed by atoms with Gasteiger partial charge in [0.05, 0.1) is 0 Å². The Morgan fingerprint density at radius 1 is 1.59 bits per heavy atom. The molecule has 2 heterocycles. The summed E-state index contributed by atoms with van der Waals surface area (Å²) < 4.78 is 0. The number of hydrogen-bond acceptors (Lipinski definition) is 3. The van der Waals surface area contributed by atoms with Gasteiger partial charge in [0.15, 0.2) is 5.11 Å². The topological polar surface area (TPSA) is 32.3 Å². The molecule has 1 aliphatic rings. The van der Waals surface area contributed by atoms with Crippen LogP contribution in [0.4, 0.5) is 0 Å².